The van der Waals surface area contributed by atoms with Crippen molar-refractivity contribution in [3.05, 3.63) is 47.7 Å². The summed E-state index contributed by atoms with van der Waals surface area (Å²) in [5.74, 6) is 2.55. The molecule has 2 aromatic rings. The summed E-state index contributed by atoms with van der Waals surface area (Å²) in [7, 11) is 5.27. The molecule has 0 bridgehead atoms. The van der Waals surface area contributed by atoms with Crippen LogP contribution in [0.4, 0.5) is 5.82 Å². The van der Waals surface area contributed by atoms with Crippen LogP contribution in [0, 0.1) is 0 Å². The second-order valence-corrected chi connectivity index (χ2v) is 6.74. The third-order valence-corrected chi connectivity index (χ3v) is 4.90. The summed E-state index contributed by atoms with van der Waals surface area (Å²) in [6.45, 7) is 3.30. The second kappa shape index (κ2) is 9.58. The zero-order chi connectivity index (χ0) is 19.1. The van der Waals surface area contributed by atoms with Crippen molar-refractivity contribution in [1.82, 2.24) is 9.88 Å². The van der Waals surface area contributed by atoms with Crippen molar-refractivity contribution >= 4 is 5.82 Å². The molecule has 1 aliphatic rings. The number of rotatable bonds is 9. The molecular weight excluding hydrogens is 342 g/mol. The Morgan fingerprint density at radius 3 is 2.74 bits per heavy atom. The van der Waals surface area contributed by atoms with Gasteiger partial charge in [-0.3, -0.25) is 4.90 Å². The predicted molar refractivity (Wildman–Crippen MR) is 106 cm³/mol. The molecule has 1 aliphatic heterocycles. The fourth-order valence-electron chi connectivity index (χ4n) is 3.52. The fourth-order valence-corrected chi connectivity index (χ4v) is 3.52. The Hall–Kier alpha value is -2.31. The highest BCUT2D eigenvalue weighted by Crippen LogP contribution is 2.27. The number of ether oxygens (including phenoxy) is 3. The number of anilines is 1. The van der Waals surface area contributed by atoms with Gasteiger partial charge in [-0.1, -0.05) is 12.1 Å². The van der Waals surface area contributed by atoms with E-state index in [1.54, 1.807) is 14.2 Å². The first-order chi connectivity index (χ1) is 13.2. The number of methoxy groups -OCH3 is 2. The van der Waals surface area contributed by atoms with Crippen LogP contribution < -0.4 is 14.8 Å². The average Bonchev–Trinajstić information content (AvgIpc) is 3.21. The van der Waals surface area contributed by atoms with Crippen LogP contribution in [0.25, 0.3) is 0 Å². The lowest BCUT2D eigenvalue weighted by Crippen LogP contribution is -2.32. The number of hydrogen-bond acceptors (Lipinski definition) is 6. The van der Waals surface area contributed by atoms with E-state index in [1.807, 2.05) is 31.4 Å². The molecule has 0 aliphatic carbocycles. The molecule has 0 spiro atoms. The van der Waals surface area contributed by atoms with Crippen molar-refractivity contribution in [1.29, 1.82) is 0 Å². The summed E-state index contributed by atoms with van der Waals surface area (Å²) in [5, 5.41) is 3.19. The fraction of sp³-hybridized carbons (Fsp3) is 0.476. The monoisotopic (exact) mass is 371 g/mol. The van der Waals surface area contributed by atoms with Crippen molar-refractivity contribution in [2.45, 2.75) is 32.0 Å². The number of nitrogens with one attached hydrogen (secondary N) is 1. The highest BCUT2D eigenvalue weighted by molar-refractivity contribution is 5.43. The van der Waals surface area contributed by atoms with E-state index < -0.39 is 0 Å². The Bertz CT molecular complexity index is 732. The Morgan fingerprint density at radius 1 is 1.19 bits per heavy atom. The molecule has 6 heteroatoms. The number of aromatic nitrogens is 1. The van der Waals surface area contributed by atoms with E-state index in [0.717, 1.165) is 62.0 Å². The Balaban J connectivity index is 1.81. The average molecular weight is 371 g/mol. The lowest BCUT2D eigenvalue weighted by atomic mass is 10.1. The van der Waals surface area contributed by atoms with Crippen LogP contribution in [0.15, 0.2) is 36.5 Å². The normalized spacial score (nSPS) is 16.5. The zero-order valence-corrected chi connectivity index (χ0v) is 16.4. The van der Waals surface area contributed by atoms with Crippen LogP contribution in [0.3, 0.4) is 0 Å². The van der Waals surface area contributed by atoms with E-state index in [9.17, 15) is 0 Å². The van der Waals surface area contributed by atoms with Crippen LogP contribution in [0.5, 0.6) is 11.5 Å². The van der Waals surface area contributed by atoms with Crippen LogP contribution in [0.2, 0.25) is 0 Å². The molecule has 0 unspecified atom stereocenters. The minimum atomic E-state index is 0.281. The summed E-state index contributed by atoms with van der Waals surface area (Å²) in [6, 6.07) is 10.1. The van der Waals surface area contributed by atoms with E-state index in [1.165, 1.54) is 5.56 Å². The highest BCUT2D eigenvalue weighted by Gasteiger charge is 2.21. The van der Waals surface area contributed by atoms with Crippen LogP contribution in [0.1, 0.15) is 24.0 Å². The second-order valence-electron chi connectivity index (χ2n) is 6.74. The van der Waals surface area contributed by atoms with E-state index >= 15 is 0 Å². The van der Waals surface area contributed by atoms with Gasteiger partial charge in [0.2, 0.25) is 0 Å². The third-order valence-electron chi connectivity index (χ3n) is 4.90. The van der Waals surface area contributed by atoms with E-state index in [0.29, 0.717) is 0 Å². The molecule has 1 N–H and O–H groups in total. The maximum Gasteiger partial charge on any atom is 0.130 e. The van der Waals surface area contributed by atoms with Gasteiger partial charge < -0.3 is 19.5 Å². The van der Waals surface area contributed by atoms with Gasteiger partial charge in [-0.2, -0.15) is 0 Å². The highest BCUT2D eigenvalue weighted by atomic mass is 16.5. The topological polar surface area (TPSA) is 55.9 Å². The molecule has 27 heavy (non-hydrogen) atoms. The van der Waals surface area contributed by atoms with Gasteiger partial charge >= 0.3 is 0 Å². The summed E-state index contributed by atoms with van der Waals surface area (Å²) in [4.78, 5) is 6.84. The molecule has 0 saturated carbocycles. The van der Waals surface area contributed by atoms with Gasteiger partial charge in [-0.05, 0) is 25.0 Å². The van der Waals surface area contributed by atoms with Crippen molar-refractivity contribution in [2.75, 3.05) is 39.7 Å². The molecule has 0 radical (unpaired) electrons. The number of pyridine rings is 1. The molecule has 146 valence electrons. The Labute approximate surface area is 161 Å². The van der Waals surface area contributed by atoms with Gasteiger partial charge in [0, 0.05) is 56.7 Å². The quantitative estimate of drug-likeness (QED) is 0.730. The zero-order valence-electron chi connectivity index (χ0n) is 16.4. The Morgan fingerprint density at radius 2 is 2.04 bits per heavy atom. The molecule has 1 aromatic heterocycles. The maximum absolute atomic E-state index is 5.88. The van der Waals surface area contributed by atoms with Gasteiger partial charge in [-0.25, -0.2) is 4.98 Å². The van der Waals surface area contributed by atoms with E-state index in [4.69, 9.17) is 14.2 Å². The van der Waals surface area contributed by atoms with Crippen molar-refractivity contribution < 1.29 is 14.2 Å². The molecule has 0 amide bonds. The predicted octanol–water partition coefficient (Wildman–Crippen LogP) is 3.32. The summed E-state index contributed by atoms with van der Waals surface area (Å²) >= 11 is 0. The Kier molecular flexibility index (Phi) is 6.90. The molecule has 1 fully saturated rings. The molecule has 3 rings (SSSR count). The molecule has 1 aromatic carbocycles. The summed E-state index contributed by atoms with van der Waals surface area (Å²) in [5.41, 5.74) is 2.30. The van der Waals surface area contributed by atoms with Gasteiger partial charge in [0.15, 0.2) is 0 Å². The lowest BCUT2D eigenvalue weighted by Gasteiger charge is -2.27. The first-order valence-corrected chi connectivity index (χ1v) is 9.40. The van der Waals surface area contributed by atoms with Crippen LogP contribution in [-0.4, -0.2) is 50.4 Å². The van der Waals surface area contributed by atoms with E-state index in [-0.39, 0.29) is 6.10 Å². The summed E-state index contributed by atoms with van der Waals surface area (Å²) in [6.07, 6.45) is 4.34. The molecule has 1 saturated heterocycles. The van der Waals surface area contributed by atoms with Crippen LogP contribution in [-0.2, 0) is 17.8 Å². The molecule has 6 nitrogen and oxygen atoms in total. The van der Waals surface area contributed by atoms with Gasteiger partial charge in [0.25, 0.3) is 0 Å². The van der Waals surface area contributed by atoms with Gasteiger partial charge in [-0.15, -0.1) is 0 Å². The minimum absolute atomic E-state index is 0.281. The largest absolute Gasteiger partial charge is 0.497 e. The van der Waals surface area contributed by atoms with Gasteiger partial charge in [0.1, 0.15) is 17.3 Å². The van der Waals surface area contributed by atoms with Gasteiger partial charge in [0.05, 0.1) is 20.3 Å². The number of benzene rings is 1. The molecule has 2 heterocycles. The first-order valence-electron chi connectivity index (χ1n) is 9.40. The minimum Gasteiger partial charge on any atom is -0.497 e. The van der Waals surface area contributed by atoms with Crippen molar-refractivity contribution in [3.63, 3.8) is 0 Å². The third kappa shape index (κ3) is 5.11. The smallest absolute Gasteiger partial charge is 0.130 e. The summed E-state index contributed by atoms with van der Waals surface area (Å²) < 4.78 is 16.8. The number of nitrogens with zero attached hydrogens (tertiary/aromatic N) is 2. The molecular formula is C21H29N3O3. The van der Waals surface area contributed by atoms with Crippen molar-refractivity contribution in [2.24, 2.45) is 0 Å². The maximum atomic E-state index is 5.88. The first kappa shape index (κ1) is 19.5. The lowest BCUT2D eigenvalue weighted by molar-refractivity contribution is 0.0676. The van der Waals surface area contributed by atoms with Crippen LogP contribution >= 0.6 is 0 Å². The van der Waals surface area contributed by atoms with Crippen molar-refractivity contribution in [3.8, 4) is 11.5 Å². The van der Waals surface area contributed by atoms with E-state index in [2.05, 4.69) is 27.3 Å². The number of hydrogen-bond donors (Lipinski definition) is 1. The molecule has 1 atom stereocenters. The SMILES string of the molecule is CNc1ncccc1CN(Cc1ccc(OC)cc1OC)C[C@H]1CCCO1. The standard InChI is InChI=1S/C21H29N3O3/c1-22-21-17(6-4-10-23-21)14-24(15-19-7-5-11-27-19)13-16-8-9-18(25-2)12-20(16)26-3/h4,6,8-10,12,19H,5,7,11,13-15H2,1-3H3,(H,22,23)/t19-/m1/s1.